The van der Waals surface area contributed by atoms with Crippen molar-refractivity contribution in [2.24, 2.45) is 0 Å². The first-order valence-electron chi connectivity index (χ1n) is 12.5. The van der Waals surface area contributed by atoms with Gasteiger partial charge in [0, 0.05) is 50.4 Å². The Morgan fingerprint density at radius 1 is 0.973 bits per heavy atom. The summed E-state index contributed by atoms with van der Waals surface area (Å²) in [4.78, 5) is 17.0. The lowest BCUT2D eigenvalue weighted by molar-refractivity contribution is 0.0697. The SMILES string of the molecule is COc1c2c(c(S(=O)(=O)N3CCN(C(=O)c4ccc(OC(C)C)cc4)CC3)c3c1OCO3)CCN(C)C2. The zero-order valence-electron chi connectivity index (χ0n) is 21.7. The molecule has 1 amide bonds. The number of hydrogen-bond donors (Lipinski definition) is 0. The van der Waals surface area contributed by atoms with E-state index in [0.717, 1.165) is 17.7 Å². The highest BCUT2D eigenvalue weighted by Gasteiger charge is 2.41. The molecule has 2 aromatic carbocycles. The summed E-state index contributed by atoms with van der Waals surface area (Å²) in [6.07, 6.45) is 0.606. The summed E-state index contributed by atoms with van der Waals surface area (Å²) in [6.45, 7) is 6.09. The van der Waals surface area contributed by atoms with Crippen LogP contribution in [0.2, 0.25) is 0 Å². The molecule has 0 radical (unpaired) electrons. The number of carbonyl (C=O) groups is 1. The molecule has 0 bridgehead atoms. The molecule has 0 atom stereocenters. The van der Waals surface area contributed by atoms with Crippen LogP contribution in [-0.4, -0.2) is 88.2 Å². The number of likely N-dealkylation sites (N-methyl/N-ethyl adjacent to an activating group) is 1. The topological polar surface area (TPSA) is 97.9 Å². The Hall–Kier alpha value is -3.02. The molecular formula is C26H33N3O7S. The summed E-state index contributed by atoms with van der Waals surface area (Å²) in [7, 11) is -0.357. The van der Waals surface area contributed by atoms with Crippen molar-refractivity contribution in [3.05, 3.63) is 41.0 Å². The van der Waals surface area contributed by atoms with Crippen molar-refractivity contribution in [3.8, 4) is 23.0 Å². The van der Waals surface area contributed by atoms with Crippen molar-refractivity contribution in [1.82, 2.24) is 14.1 Å². The lowest BCUT2D eigenvalue weighted by Gasteiger charge is -2.35. The lowest BCUT2D eigenvalue weighted by Crippen LogP contribution is -2.50. The van der Waals surface area contributed by atoms with Crippen LogP contribution in [0.1, 0.15) is 35.3 Å². The zero-order chi connectivity index (χ0) is 26.3. The van der Waals surface area contributed by atoms with Crippen LogP contribution in [0.4, 0.5) is 0 Å². The number of carbonyl (C=O) groups excluding carboxylic acids is 1. The summed E-state index contributed by atoms with van der Waals surface area (Å²) in [5.74, 6) is 1.68. The molecule has 0 saturated carbocycles. The maximum atomic E-state index is 14.0. The maximum absolute atomic E-state index is 14.0. The average molecular weight is 532 g/mol. The van der Waals surface area contributed by atoms with Gasteiger partial charge in [0.1, 0.15) is 10.6 Å². The van der Waals surface area contributed by atoms with E-state index in [-0.39, 0.29) is 42.5 Å². The molecule has 0 aromatic heterocycles. The minimum atomic E-state index is -3.90. The monoisotopic (exact) mass is 531 g/mol. The van der Waals surface area contributed by atoms with Gasteiger partial charge < -0.3 is 28.7 Å². The van der Waals surface area contributed by atoms with Gasteiger partial charge in [-0.1, -0.05) is 0 Å². The molecule has 5 rings (SSSR count). The summed E-state index contributed by atoms with van der Waals surface area (Å²) in [6, 6.07) is 7.04. The van der Waals surface area contributed by atoms with Crippen molar-refractivity contribution in [1.29, 1.82) is 0 Å². The van der Waals surface area contributed by atoms with Gasteiger partial charge in [-0.05, 0) is 57.1 Å². The highest BCUT2D eigenvalue weighted by atomic mass is 32.2. The molecule has 1 fully saturated rings. The van der Waals surface area contributed by atoms with Gasteiger partial charge in [0.2, 0.25) is 22.6 Å². The van der Waals surface area contributed by atoms with Crippen LogP contribution in [0.3, 0.4) is 0 Å². The number of nitrogens with zero attached hydrogens (tertiary/aromatic N) is 3. The number of hydrogen-bond acceptors (Lipinski definition) is 8. The molecule has 3 aliphatic rings. The summed E-state index contributed by atoms with van der Waals surface area (Å²) >= 11 is 0. The molecule has 0 spiro atoms. The molecule has 200 valence electrons. The molecule has 3 heterocycles. The molecule has 0 N–H and O–H groups in total. The summed E-state index contributed by atoms with van der Waals surface area (Å²) in [5.41, 5.74) is 2.09. The smallest absolute Gasteiger partial charge is 0.253 e. The van der Waals surface area contributed by atoms with Crippen molar-refractivity contribution < 1.29 is 32.2 Å². The van der Waals surface area contributed by atoms with Crippen LogP contribution < -0.4 is 18.9 Å². The highest BCUT2D eigenvalue weighted by molar-refractivity contribution is 7.89. The van der Waals surface area contributed by atoms with E-state index >= 15 is 0 Å². The Morgan fingerprint density at radius 2 is 1.65 bits per heavy atom. The fourth-order valence-electron chi connectivity index (χ4n) is 5.13. The predicted molar refractivity (Wildman–Crippen MR) is 136 cm³/mol. The molecule has 10 nitrogen and oxygen atoms in total. The van der Waals surface area contributed by atoms with Gasteiger partial charge in [0.25, 0.3) is 5.91 Å². The molecule has 0 aliphatic carbocycles. The van der Waals surface area contributed by atoms with Crippen molar-refractivity contribution >= 4 is 15.9 Å². The van der Waals surface area contributed by atoms with Crippen LogP contribution in [0, 0.1) is 0 Å². The van der Waals surface area contributed by atoms with E-state index in [2.05, 4.69) is 4.90 Å². The number of amides is 1. The van der Waals surface area contributed by atoms with E-state index in [1.807, 2.05) is 20.9 Å². The number of piperazine rings is 1. The Morgan fingerprint density at radius 3 is 2.30 bits per heavy atom. The fourth-order valence-corrected chi connectivity index (χ4v) is 6.95. The number of rotatable bonds is 6. The normalized spacial score (nSPS) is 18.1. The minimum absolute atomic E-state index is 0.0481. The first-order chi connectivity index (χ1) is 17.7. The molecular weight excluding hydrogens is 498 g/mol. The predicted octanol–water partition coefficient (Wildman–Crippen LogP) is 2.35. The van der Waals surface area contributed by atoms with Crippen LogP contribution in [0.5, 0.6) is 23.0 Å². The molecule has 0 unspecified atom stereocenters. The van der Waals surface area contributed by atoms with Crippen LogP contribution in [0.15, 0.2) is 29.2 Å². The molecule has 2 aromatic rings. The third kappa shape index (κ3) is 4.71. The second kappa shape index (κ2) is 10.0. The van der Waals surface area contributed by atoms with Crippen molar-refractivity contribution in [2.45, 2.75) is 37.8 Å². The second-order valence-corrected chi connectivity index (χ2v) is 11.6. The first kappa shape index (κ1) is 25.6. The molecule has 37 heavy (non-hydrogen) atoms. The van der Waals surface area contributed by atoms with Gasteiger partial charge in [0.05, 0.1) is 13.2 Å². The van der Waals surface area contributed by atoms with Gasteiger partial charge in [-0.15, -0.1) is 0 Å². The van der Waals surface area contributed by atoms with E-state index in [4.69, 9.17) is 18.9 Å². The fraction of sp³-hybridized carbons (Fsp3) is 0.500. The van der Waals surface area contributed by atoms with Crippen molar-refractivity contribution in [3.63, 3.8) is 0 Å². The molecule has 1 saturated heterocycles. The standard InChI is InChI=1S/C26H33N3O7S/c1-17(2)36-19-7-5-18(6-8-19)26(30)28-11-13-29(14-12-28)37(31,32)25-20-9-10-27(3)15-21(20)22(33-4)23-24(25)35-16-34-23/h5-8,17H,9-16H2,1-4H3. The number of sulfonamides is 1. The Labute approximate surface area is 217 Å². The lowest BCUT2D eigenvalue weighted by atomic mass is 9.97. The first-order valence-corrected chi connectivity index (χ1v) is 13.9. The third-order valence-electron chi connectivity index (χ3n) is 6.91. The number of fused-ring (bicyclic) bond motifs is 2. The Kier molecular flexibility index (Phi) is 6.95. The molecule has 3 aliphatic heterocycles. The van der Waals surface area contributed by atoms with Crippen LogP contribution >= 0.6 is 0 Å². The van der Waals surface area contributed by atoms with Gasteiger partial charge >= 0.3 is 0 Å². The maximum Gasteiger partial charge on any atom is 0.253 e. The highest BCUT2D eigenvalue weighted by Crippen LogP contribution is 2.51. The molecule has 11 heteroatoms. The van der Waals surface area contributed by atoms with Crippen molar-refractivity contribution in [2.75, 3.05) is 53.7 Å². The largest absolute Gasteiger partial charge is 0.492 e. The van der Waals surface area contributed by atoms with Crippen LogP contribution in [-0.2, 0) is 23.0 Å². The quantitative estimate of drug-likeness (QED) is 0.561. The minimum Gasteiger partial charge on any atom is -0.492 e. The van der Waals surface area contributed by atoms with E-state index in [9.17, 15) is 13.2 Å². The third-order valence-corrected chi connectivity index (χ3v) is 8.90. The van der Waals surface area contributed by atoms with Crippen LogP contribution in [0.25, 0.3) is 0 Å². The average Bonchev–Trinajstić information content (AvgIpc) is 3.36. The summed E-state index contributed by atoms with van der Waals surface area (Å²) in [5, 5.41) is 0. The zero-order valence-corrected chi connectivity index (χ0v) is 22.5. The Balaban J connectivity index is 1.37. The van der Waals surface area contributed by atoms with Gasteiger partial charge in [-0.25, -0.2) is 8.42 Å². The van der Waals surface area contributed by atoms with E-state index in [0.29, 0.717) is 48.9 Å². The van der Waals surface area contributed by atoms with Gasteiger partial charge in [-0.2, -0.15) is 4.31 Å². The number of benzene rings is 2. The second-order valence-electron chi connectivity index (χ2n) is 9.76. The van der Waals surface area contributed by atoms with E-state index in [1.54, 1.807) is 36.3 Å². The van der Waals surface area contributed by atoms with E-state index < -0.39 is 10.0 Å². The summed E-state index contributed by atoms with van der Waals surface area (Å²) < 4.78 is 52.1. The number of ether oxygens (including phenoxy) is 4. The van der Waals surface area contributed by atoms with Gasteiger partial charge in [-0.3, -0.25) is 4.79 Å². The Bertz CT molecular complexity index is 1290. The number of methoxy groups -OCH3 is 1. The van der Waals surface area contributed by atoms with Gasteiger partial charge in [0.15, 0.2) is 11.5 Å². The van der Waals surface area contributed by atoms with E-state index in [1.165, 1.54) is 4.31 Å².